The van der Waals surface area contributed by atoms with Crippen LogP contribution in [0.5, 0.6) is 0 Å². The van der Waals surface area contributed by atoms with Gasteiger partial charge in [-0.3, -0.25) is 0 Å². The summed E-state index contributed by atoms with van der Waals surface area (Å²) in [4.78, 5) is 4.61. The molecule has 92 valence electrons. The fourth-order valence-corrected chi connectivity index (χ4v) is 2.12. The van der Waals surface area contributed by atoms with Crippen molar-refractivity contribution in [2.45, 2.75) is 39.8 Å². The second-order valence-electron chi connectivity index (χ2n) is 4.83. The van der Waals surface area contributed by atoms with E-state index < -0.39 is 0 Å². The number of anilines is 1. The van der Waals surface area contributed by atoms with E-state index in [1.807, 2.05) is 18.2 Å². The average Bonchev–Trinajstić information content (AvgIpc) is 2.53. The molecular formula is C13H18ClN3. The van der Waals surface area contributed by atoms with Crippen LogP contribution in [0, 0.1) is 0 Å². The molecule has 4 heteroatoms. The van der Waals surface area contributed by atoms with E-state index in [0.29, 0.717) is 12.1 Å². The van der Waals surface area contributed by atoms with Gasteiger partial charge in [-0.2, -0.15) is 0 Å². The van der Waals surface area contributed by atoms with E-state index in [0.717, 1.165) is 22.0 Å². The van der Waals surface area contributed by atoms with Crippen LogP contribution in [0.15, 0.2) is 18.2 Å². The van der Waals surface area contributed by atoms with Gasteiger partial charge in [-0.05, 0) is 45.9 Å². The maximum Gasteiger partial charge on any atom is 0.204 e. The zero-order valence-corrected chi connectivity index (χ0v) is 11.4. The zero-order valence-electron chi connectivity index (χ0n) is 10.7. The summed E-state index contributed by atoms with van der Waals surface area (Å²) in [6.07, 6.45) is 0. The average molecular weight is 252 g/mol. The van der Waals surface area contributed by atoms with Gasteiger partial charge in [-0.15, -0.1) is 0 Å². The summed E-state index contributed by atoms with van der Waals surface area (Å²) in [5.41, 5.74) is 2.06. The predicted octanol–water partition coefficient (Wildman–Crippen LogP) is 4.09. The third-order valence-electron chi connectivity index (χ3n) is 2.59. The fourth-order valence-electron chi connectivity index (χ4n) is 1.95. The smallest absolute Gasteiger partial charge is 0.204 e. The Hall–Kier alpha value is -1.22. The summed E-state index contributed by atoms with van der Waals surface area (Å²) >= 11 is 6.05. The third-order valence-corrected chi connectivity index (χ3v) is 2.82. The maximum atomic E-state index is 6.05. The van der Waals surface area contributed by atoms with Crippen LogP contribution in [-0.4, -0.2) is 15.6 Å². The molecule has 0 saturated carbocycles. The quantitative estimate of drug-likeness (QED) is 0.891. The lowest BCUT2D eigenvalue weighted by Crippen LogP contribution is -2.15. The van der Waals surface area contributed by atoms with Crippen molar-refractivity contribution >= 4 is 28.6 Å². The van der Waals surface area contributed by atoms with Gasteiger partial charge >= 0.3 is 0 Å². The van der Waals surface area contributed by atoms with Crippen LogP contribution in [0.2, 0.25) is 5.02 Å². The van der Waals surface area contributed by atoms with E-state index in [1.165, 1.54) is 0 Å². The van der Waals surface area contributed by atoms with Gasteiger partial charge in [0.1, 0.15) is 0 Å². The van der Waals surface area contributed by atoms with Crippen LogP contribution in [0.3, 0.4) is 0 Å². The molecule has 17 heavy (non-hydrogen) atoms. The summed E-state index contributed by atoms with van der Waals surface area (Å²) in [7, 11) is 0. The Balaban J connectivity index is 2.63. The maximum absolute atomic E-state index is 6.05. The molecule has 3 nitrogen and oxygen atoms in total. The highest BCUT2D eigenvalue weighted by Gasteiger charge is 2.13. The standard InChI is InChI=1S/C13H18ClN3/c1-8(2)15-13-16-11-6-5-10(14)7-12(11)17(13)9(3)4/h5-9H,1-4H3,(H,15,16). The number of rotatable bonds is 3. The Labute approximate surface area is 107 Å². The minimum absolute atomic E-state index is 0.347. The summed E-state index contributed by atoms with van der Waals surface area (Å²) in [6.45, 7) is 8.51. The van der Waals surface area contributed by atoms with Gasteiger partial charge < -0.3 is 9.88 Å². The molecule has 2 aromatic rings. The molecule has 0 radical (unpaired) electrons. The largest absolute Gasteiger partial charge is 0.353 e. The predicted molar refractivity (Wildman–Crippen MR) is 73.9 cm³/mol. The molecule has 0 saturated heterocycles. The number of halogens is 1. The highest BCUT2D eigenvalue weighted by Crippen LogP contribution is 2.27. The molecule has 0 bridgehead atoms. The highest BCUT2D eigenvalue weighted by atomic mass is 35.5. The molecule has 0 atom stereocenters. The van der Waals surface area contributed by atoms with E-state index in [2.05, 4.69) is 42.6 Å². The van der Waals surface area contributed by atoms with Crippen molar-refractivity contribution in [2.24, 2.45) is 0 Å². The summed E-state index contributed by atoms with van der Waals surface area (Å²) in [5, 5.41) is 4.12. The van der Waals surface area contributed by atoms with Crippen molar-refractivity contribution in [2.75, 3.05) is 5.32 Å². The Morgan fingerprint density at radius 2 is 1.94 bits per heavy atom. The molecule has 2 rings (SSSR count). The Morgan fingerprint density at radius 1 is 1.24 bits per heavy atom. The zero-order chi connectivity index (χ0) is 12.6. The van der Waals surface area contributed by atoms with Crippen LogP contribution in [0.25, 0.3) is 11.0 Å². The Morgan fingerprint density at radius 3 is 2.53 bits per heavy atom. The van der Waals surface area contributed by atoms with Crippen LogP contribution in [0.1, 0.15) is 33.7 Å². The minimum Gasteiger partial charge on any atom is -0.353 e. The van der Waals surface area contributed by atoms with Crippen LogP contribution >= 0.6 is 11.6 Å². The second kappa shape index (κ2) is 4.57. The molecule has 0 aliphatic heterocycles. The van der Waals surface area contributed by atoms with E-state index >= 15 is 0 Å². The highest BCUT2D eigenvalue weighted by molar-refractivity contribution is 6.31. The number of benzene rings is 1. The van der Waals surface area contributed by atoms with Gasteiger partial charge in [-0.1, -0.05) is 11.6 Å². The van der Waals surface area contributed by atoms with Gasteiger partial charge in [0.25, 0.3) is 0 Å². The normalized spacial score (nSPS) is 11.7. The molecule has 0 aliphatic rings. The van der Waals surface area contributed by atoms with Crippen LogP contribution in [0.4, 0.5) is 5.95 Å². The molecule has 0 amide bonds. The fraction of sp³-hybridized carbons (Fsp3) is 0.462. The lowest BCUT2D eigenvalue weighted by molar-refractivity contribution is 0.618. The molecule has 0 spiro atoms. The van der Waals surface area contributed by atoms with E-state index in [1.54, 1.807) is 0 Å². The van der Waals surface area contributed by atoms with Crippen molar-refractivity contribution in [3.8, 4) is 0 Å². The first-order chi connectivity index (χ1) is 7.99. The number of aromatic nitrogens is 2. The summed E-state index contributed by atoms with van der Waals surface area (Å²) in [6, 6.07) is 6.51. The van der Waals surface area contributed by atoms with Gasteiger partial charge in [0.05, 0.1) is 11.0 Å². The van der Waals surface area contributed by atoms with Gasteiger partial charge in [0, 0.05) is 17.1 Å². The SMILES string of the molecule is CC(C)Nc1nc2ccc(Cl)cc2n1C(C)C. The molecule has 0 aliphatic carbocycles. The molecule has 0 fully saturated rings. The number of hydrogen-bond acceptors (Lipinski definition) is 2. The van der Waals surface area contributed by atoms with Crippen molar-refractivity contribution in [3.63, 3.8) is 0 Å². The first kappa shape index (κ1) is 12.2. The molecule has 1 N–H and O–H groups in total. The monoisotopic (exact) mass is 251 g/mol. The molecule has 1 aromatic carbocycles. The minimum atomic E-state index is 0.347. The number of imidazole rings is 1. The third kappa shape index (κ3) is 2.39. The number of hydrogen-bond donors (Lipinski definition) is 1. The van der Waals surface area contributed by atoms with Crippen LogP contribution < -0.4 is 5.32 Å². The van der Waals surface area contributed by atoms with Gasteiger partial charge in [0.15, 0.2) is 0 Å². The van der Waals surface area contributed by atoms with E-state index in [4.69, 9.17) is 11.6 Å². The van der Waals surface area contributed by atoms with E-state index in [-0.39, 0.29) is 0 Å². The lowest BCUT2D eigenvalue weighted by Gasteiger charge is -2.15. The van der Waals surface area contributed by atoms with Crippen LogP contribution in [-0.2, 0) is 0 Å². The number of nitrogens with zero attached hydrogens (tertiary/aromatic N) is 2. The number of nitrogens with one attached hydrogen (secondary N) is 1. The molecule has 0 unspecified atom stereocenters. The Kier molecular flexibility index (Phi) is 3.29. The molecule has 1 aromatic heterocycles. The molecular weight excluding hydrogens is 234 g/mol. The number of fused-ring (bicyclic) bond motifs is 1. The van der Waals surface area contributed by atoms with Crippen molar-refractivity contribution in [1.82, 2.24) is 9.55 Å². The summed E-state index contributed by atoms with van der Waals surface area (Å²) in [5.74, 6) is 0.910. The van der Waals surface area contributed by atoms with Crippen molar-refractivity contribution in [1.29, 1.82) is 0 Å². The van der Waals surface area contributed by atoms with Crippen molar-refractivity contribution in [3.05, 3.63) is 23.2 Å². The molecule has 1 heterocycles. The first-order valence-corrected chi connectivity index (χ1v) is 6.31. The topological polar surface area (TPSA) is 29.9 Å². The van der Waals surface area contributed by atoms with Gasteiger partial charge in [-0.25, -0.2) is 4.98 Å². The van der Waals surface area contributed by atoms with E-state index in [9.17, 15) is 0 Å². The van der Waals surface area contributed by atoms with Gasteiger partial charge in [0.2, 0.25) is 5.95 Å². The van der Waals surface area contributed by atoms with Crippen molar-refractivity contribution < 1.29 is 0 Å². The second-order valence-corrected chi connectivity index (χ2v) is 5.27. The lowest BCUT2D eigenvalue weighted by atomic mass is 10.3. The first-order valence-electron chi connectivity index (χ1n) is 5.93. The summed E-state index contributed by atoms with van der Waals surface area (Å²) < 4.78 is 2.18. The Bertz CT molecular complexity index is 529.